The molecule has 0 heterocycles. The summed E-state index contributed by atoms with van der Waals surface area (Å²) in [6.45, 7) is 11.7. The van der Waals surface area contributed by atoms with E-state index in [0.717, 1.165) is 12.3 Å². The lowest BCUT2D eigenvalue weighted by Gasteiger charge is -2.18. The fourth-order valence-corrected chi connectivity index (χ4v) is 1.62. The minimum Gasteiger partial charge on any atom is -0.489 e. The first kappa shape index (κ1) is 14.0. The van der Waals surface area contributed by atoms with E-state index in [9.17, 15) is 0 Å². The Morgan fingerprint density at radius 2 is 1.82 bits per heavy atom. The molecular weight excluding hydrogens is 210 g/mol. The number of hydrogen-bond donors (Lipinski definition) is 1. The molecule has 0 saturated heterocycles. The summed E-state index contributed by atoms with van der Waals surface area (Å²) in [6, 6.07) is 8.87. The van der Waals surface area contributed by atoms with Crippen molar-refractivity contribution in [3.8, 4) is 5.75 Å². The molecule has 0 aliphatic carbocycles. The van der Waals surface area contributed by atoms with E-state index in [4.69, 9.17) is 4.74 Å². The molecule has 0 aliphatic heterocycles. The topological polar surface area (TPSA) is 21.3 Å². The van der Waals surface area contributed by atoms with Crippen LogP contribution in [0.5, 0.6) is 5.75 Å². The Balaban J connectivity index is 2.53. The third-order valence-corrected chi connectivity index (χ3v) is 2.68. The molecule has 1 aromatic carbocycles. The minimum absolute atomic E-state index is 0.194. The second-order valence-electron chi connectivity index (χ2n) is 5.22. The molecule has 2 nitrogen and oxygen atoms in total. The third kappa shape index (κ3) is 5.22. The Hall–Kier alpha value is -1.02. The lowest BCUT2D eigenvalue weighted by molar-refractivity contribution is 0.213. The Morgan fingerprint density at radius 1 is 1.12 bits per heavy atom. The number of nitrogens with one attached hydrogen (secondary N) is 1. The average molecular weight is 235 g/mol. The molecule has 1 aromatic rings. The fraction of sp³-hybridized carbons (Fsp3) is 0.600. The predicted octanol–water partition coefficient (Wildman–Crippen LogP) is 3.58. The van der Waals surface area contributed by atoms with E-state index in [2.05, 4.69) is 58.1 Å². The normalized spacial score (nSPS) is 13.1. The van der Waals surface area contributed by atoms with Crippen LogP contribution in [0.2, 0.25) is 0 Å². The van der Waals surface area contributed by atoms with E-state index in [0.29, 0.717) is 12.0 Å². The molecule has 0 radical (unpaired) electrons. The van der Waals surface area contributed by atoms with Crippen molar-refractivity contribution in [3.05, 3.63) is 29.8 Å². The molecule has 0 amide bonds. The quantitative estimate of drug-likeness (QED) is 0.814. The molecule has 1 rings (SSSR count). The highest BCUT2D eigenvalue weighted by atomic mass is 16.5. The van der Waals surface area contributed by atoms with Crippen molar-refractivity contribution in [1.82, 2.24) is 5.32 Å². The van der Waals surface area contributed by atoms with Gasteiger partial charge >= 0.3 is 0 Å². The van der Waals surface area contributed by atoms with Crippen molar-refractivity contribution in [2.75, 3.05) is 6.54 Å². The zero-order valence-corrected chi connectivity index (χ0v) is 11.7. The summed E-state index contributed by atoms with van der Waals surface area (Å²) < 4.78 is 5.89. The van der Waals surface area contributed by atoms with Gasteiger partial charge < -0.3 is 10.1 Å². The number of benzene rings is 1. The molecule has 0 bridgehead atoms. The van der Waals surface area contributed by atoms with Gasteiger partial charge in [0, 0.05) is 12.6 Å². The van der Waals surface area contributed by atoms with Crippen LogP contribution in [0.15, 0.2) is 24.3 Å². The van der Waals surface area contributed by atoms with Crippen LogP contribution >= 0.6 is 0 Å². The number of hydrogen-bond acceptors (Lipinski definition) is 2. The van der Waals surface area contributed by atoms with E-state index in [1.165, 1.54) is 5.56 Å². The number of ether oxygens (including phenoxy) is 1. The van der Waals surface area contributed by atoms with E-state index < -0.39 is 0 Å². The van der Waals surface area contributed by atoms with Crippen LogP contribution in [0.25, 0.3) is 0 Å². The van der Waals surface area contributed by atoms with Gasteiger partial charge in [0.2, 0.25) is 0 Å². The van der Waals surface area contributed by atoms with Crippen LogP contribution in [0.1, 0.15) is 46.1 Å². The largest absolute Gasteiger partial charge is 0.489 e. The summed E-state index contributed by atoms with van der Waals surface area (Å²) in [4.78, 5) is 0. The first-order chi connectivity index (χ1) is 7.99. The molecular formula is C15H25NO. The van der Waals surface area contributed by atoms with Crippen LogP contribution in [-0.4, -0.2) is 18.7 Å². The molecule has 96 valence electrons. The maximum absolute atomic E-state index is 5.89. The maximum Gasteiger partial charge on any atom is 0.120 e. The Kier molecular flexibility index (Phi) is 5.49. The number of rotatable bonds is 6. The van der Waals surface area contributed by atoms with Gasteiger partial charge in [-0.25, -0.2) is 0 Å². The zero-order chi connectivity index (χ0) is 12.8. The average Bonchev–Trinajstić information content (AvgIpc) is 2.26. The summed E-state index contributed by atoms with van der Waals surface area (Å²) in [7, 11) is 0. The highest BCUT2D eigenvalue weighted by Crippen LogP contribution is 2.20. The molecule has 0 aliphatic rings. The van der Waals surface area contributed by atoms with Gasteiger partial charge in [0.05, 0.1) is 0 Å². The Morgan fingerprint density at radius 3 is 2.41 bits per heavy atom. The van der Waals surface area contributed by atoms with Crippen LogP contribution in [0.4, 0.5) is 0 Å². The first-order valence-electron chi connectivity index (χ1n) is 6.49. The molecule has 0 fully saturated rings. The SMILES string of the molecule is CC(C)NC[C@H](C)Oc1cccc(C(C)C)c1. The van der Waals surface area contributed by atoms with E-state index in [-0.39, 0.29) is 6.10 Å². The van der Waals surface area contributed by atoms with Gasteiger partial charge in [-0.05, 0) is 30.5 Å². The third-order valence-electron chi connectivity index (χ3n) is 2.68. The van der Waals surface area contributed by atoms with Crippen LogP contribution in [0, 0.1) is 0 Å². The standard InChI is InChI=1S/C15H25NO/c1-11(2)14-7-6-8-15(9-14)17-13(5)10-16-12(3)4/h6-9,11-13,16H,10H2,1-5H3/t13-/m0/s1. The van der Waals surface area contributed by atoms with Crippen molar-refractivity contribution in [3.63, 3.8) is 0 Å². The van der Waals surface area contributed by atoms with E-state index >= 15 is 0 Å². The van der Waals surface area contributed by atoms with Crippen molar-refractivity contribution < 1.29 is 4.74 Å². The minimum atomic E-state index is 0.194. The van der Waals surface area contributed by atoms with Gasteiger partial charge in [0.25, 0.3) is 0 Å². The Bertz CT molecular complexity index is 333. The second-order valence-corrected chi connectivity index (χ2v) is 5.22. The van der Waals surface area contributed by atoms with Crippen molar-refractivity contribution in [1.29, 1.82) is 0 Å². The smallest absolute Gasteiger partial charge is 0.120 e. The molecule has 2 heteroatoms. The van der Waals surface area contributed by atoms with Gasteiger partial charge in [-0.2, -0.15) is 0 Å². The van der Waals surface area contributed by atoms with Gasteiger partial charge in [0.15, 0.2) is 0 Å². The zero-order valence-electron chi connectivity index (χ0n) is 11.7. The van der Waals surface area contributed by atoms with Crippen molar-refractivity contribution >= 4 is 0 Å². The lowest BCUT2D eigenvalue weighted by Crippen LogP contribution is -2.33. The monoisotopic (exact) mass is 235 g/mol. The van der Waals surface area contributed by atoms with Crippen LogP contribution < -0.4 is 10.1 Å². The highest BCUT2D eigenvalue weighted by molar-refractivity contribution is 5.30. The molecule has 0 aromatic heterocycles. The molecule has 17 heavy (non-hydrogen) atoms. The predicted molar refractivity (Wildman–Crippen MR) is 73.8 cm³/mol. The summed E-state index contributed by atoms with van der Waals surface area (Å²) in [5.74, 6) is 1.51. The summed E-state index contributed by atoms with van der Waals surface area (Å²) in [5, 5.41) is 3.38. The first-order valence-corrected chi connectivity index (χ1v) is 6.49. The highest BCUT2D eigenvalue weighted by Gasteiger charge is 2.06. The van der Waals surface area contributed by atoms with Gasteiger partial charge in [-0.1, -0.05) is 39.8 Å². The maximum atomic E-state index is 5.89. The van der Waals surface area contributed by atoms with Gasteiger partial charge in [-0.15, -0.1) is 0 Å². The molecule has 0 saturated carbocycles. The summed E-state index contributed by atoms with van der Waals surface area (Å²) >= 11 is 0. The molecule has 1 N–H and O–H groups in total. The molecule has 1 atom stereocenters. The molecule has 0 unspecified atom stereocenters. The fourth-order valence-electron chi connectivity index (χ4n) is 1.62. The second kappa shape index (κ2) is 6.65. The summed E-state index contributed by atoms with van der Waals surface area (Å²) in [6.07, 6.45) is 0.194. The van der Waals surface area contributed by atoms with Gasteiger partial charge in [-0.3, -0.25) is 0 Å². The Labute approximate surface area is 105 Å². The van der Waals surface area contributed by atoms with E-state index in [1.807, 2.05) is 6.07 Å². The molecule has 0 spiro atoms. The van der Waals surface area contributed by atoms with Crippen molar-refractivity contribution in [2.45, 2.75) is 52.7 Å². The van der Waals surface area contributed by atoms with E-state index in [1.54, 1.807) is 0 Å². The lowest BCUT2D eigenvalue weighted by atomic mass is 10.0. The van der Waals surface area contributed by atoms with Crippen LogP contribution in [0.3, 0.4) is 0 Å². The summed E-state index contributed by atoms with van der Waals surface area (Å²) in [5.41, 5.74) is 1.33. The van der Waals surface area contributed by atoms with Gasteiger partial charge in [0.1, 0.15) is 11.9 Å². The van der Waals surface area contributed by atoms with Crippen molar-refractivity contribution in [2.24, 2.45) is 0 Å². The van der Waals surface area contributed by atoms with Crippen LogP contribution in [-0.2, 0) is 0 Å².